The topological polar surface area (TPSA) is 239 Å². The molecule has 6 rings (SSSR count). The fourth-order valence-corrected chi connectivity index (χ4v) is 4.75. The van der Waals surface area contributed by atoms with E-state index in [1.165, 1.54) is 17.3 Å². The Labute approximate surface area is 298 Å². The molecular weight excluding hydrogens is 674 g/mol. The molecule has 0 atom stereocenters. The standard InChI is InChI=1S/C21H21N7O3.C12H16N6O3/c1-29-16-9-14(10-17(30-2)19(16)31-3)25-20-23-12-24-21(26-20)28-18(22)11-15(27-28)13-7-5-4-6-8-13;1-19-8-4-7(5-9(20-2)10(8)21-3)16-11-14-6-15-12(17-11)18-13/h4-12H,22H2,1-3H3,(H,23,24,25,26);4-6H,13H2,1-3H3,(H2,14,15,16,17,18). The molecule has 0 bridgehead atoms. The average Bonchev–Trinajstić information content (AvgIpc) is 3.59. The van der Waals surface area contributed by atoms with E-state index < -0.39 is 0 Å². The van der Waals surface area contributed by atoms with Gasteiger partial charge in [-0.05, 0) is 0 Å². The zero-order chi connectivity index (χ0) is 37.0. The lowest BCUT2D eigenvalue weighted by atomic mass is 10.2. The van der Waals surface area contributed by atoms with E-state index in [1.54, 1.807) is 73.0 Å². The van der Waals surface area contributed by atoms with Crippen LogP contribution in [0, 0.1) is 0 Å². The second kappa shape index (κ2) is 17.0. The number of hydrazine groups is 1. The molecule has 0 unspecified atom stereocenters. The van der Waals surface area contributed by atoms with E-state index in [4.69, 9.17) is 40.0 Å². The minimum Gasteiger partial charge on any atom is -0.493 e. The van der Waals surface area contributed by atoms with Crippen molar-refractivity contribution < 1.29 is 28.4 Å². The maximum Gasteiger partial charge on any atom is 0.257 e. The summed E-state index contributed by atoms with van der Waals surface area (Å²) >= 11 is 0. The van der Waals surface area contributed by atoms with Gasteiger partial charge in [0, 0.05) is 47.3 Å². The number of nitrogens with one attached hydrogen (secondary N) is 3. The summed E-state index contributed by atoms with van der Waals surface area (Å²) in [4.78, 5) is 24.7. The number of nitrogen functional groups attached to an aromatic ring is 2. The summed E-state index contributed by atoms with van der Waals surface area (Å²) in [6, 6.07) is 18.5. The third-order valence-corrected chi connectivity index (χ3v) is 7.10. The molecule has 0 radical (unpaired) electrons. The summed E-state index contributed by atoms with van der Waals surface area (Å²) in [6.07, 6.45) is 2.72. The van der Waals surface area contributed by atoms with E-state index in [0.29, 0.717) is 63.6 Å². The molecule has 0 aliphatic heterocycles. The van der Waals surface area contributed by atoms with Gasteiger partial charge in [-0.2, -0.15) is 24.7 Å². The number of hydrogen-bond acceptors (Lipinski definition) is 18. The SMILES string of the molecule is COc1cc(Nc2ncnc(-n3nc(-c4ccccc4)cc3N)n2)cc(OC)c1OC.COc1cc(Nc2ncnc(NN)n2)cc(OC)c1OC. The van der Waals surface area contributed by atoms with Crippen LogP contribution in [0.5, 0.6) is 34.5 Å². The summed E-state index contributed by atoms with van der Waals surface area (Å²) in [5, 5.41) is 10.6. The Morgan fingerprint density at radius 2 is 1.06 bits per heavy atom. The van der Waals surface area contributed by atoms with Crippen LogP contribution in [0.3, 0.4) is 0 Å². The van der Waals surface area contributed by atoms with Crippen molar-refractivity contribution in [3.63, 3.8) is 0 Å². The maximum atomic E-state index is 6.15. The van der Waals surface area contributed by atoms with Gasteiger partial charge >= 0.3 is 0 Å². The normalized spacial score (nSPS) is 10.3. The molecule has 0 fully saturated rings. The molecule has 0 aliphatic carbocycles. The number of rotatable bonds is 13. The second-order valence-corrected chi connectivity index (χ2v) is 10.2. The number of ether oxygens (including phenoxy) is 6. The van der Waals surface area contributed by atoms with Crippen LogP contribution in [0.1, 0.15) is 0 Å². The van der Waals surface area contributed by atoms with Gasteiger partial charge in [0.2, 0.25) is 29.3 Å². The molecule has 7 N–H and O–H groups in total. The van der Waals surface area contributed by atoms with E-state index in [2.05, 4.69) is 51.1 Å². The van der Waals surface area contributed by atoms with Gasteiger partial charge in [-0.3, -0.25) is 5.43 Å². The monoisotopic (exact) mass is 711 g/mol. The molecule has 0 saturated heterocycles. The molecule has 0 spiro atoms. The van der Waals surface area contributed by atoms with Crippen molar-refractivity contribution in [1.29, 1.82) is 0 Å². The quantitative estimate of drug-likeness (QED) is 0.0840. The first-order chi connectivity index (χ1) is 25.3. The lowest BCUT2D eigenvalue weighted by molar-refractivity contribution is 0.324. The Morgan fingerprint density at radius 1 is 0.577 bits per heavy atom. The highest BCUT2D eigenvalue weighted by Gasteiger charge is 2.16. The van der Waals surface area contributed by atoms with E-state index in [1.807, 2.05) is 30.3 Å². The van der Waals surface area contributed by atoms with Gasteiger partial charge in [0.1, 0.15) is 18.5 Å². The van der Waals surface area contributed by atoms with Gasteiger partial charge in [-0.1, -0.05) is 30.3 Å². The number of aromatic nitrogens is 8. The highest BCUT2D eigenvalue weighted by Crippen LogP contribution is 2.41. The molecule has 3 aromatic carbocycles. The van der Waals surface area contributed by atoms with Crippen molar-refractivity contribution in [3.8, 4) is 51.7 Å². The lowest BCUT2D eigenvalue weighted by Crippen LogP contribution is -2.11. The van der Waals surface area contributed by atoms with E-state index in [9.17, 15) is 0 Å². The van der Waals surface area contributed by atoms with Crippen LogP contribution in [0.2, 0.25) is 0 Å². The van der Waals surface area contributed by atoms with Crippen molar-refractivity contribution >= 4 is 35.0 Å². The Morgan fingerprint density at radius 3 is 1.54 bits per heavy atom. The first-order valence-electron chi connectivity index (χ1n) is 15.2. The van der Waals surface area contributed by atoms with Crippen LogP contribution in [0.4, 0.5) is 35.0 Å². The van der Waals surface area contributed by atoms with Crippen LogP contribution in [-0.2, 0) is 0 Å². The Balaban J connectivity index is 0.000000217. The minimum absolute atomic E-state index is 0.250. The third-order valence-electron chi connectivity index (χ3n) is 7.10. The Hall–Kier alpha value is -7.15. The molecule has 19 nitrogen and oxygen atoms in total. The van der Waals surface area contributed by atoms with Crippen molar-refractivity contribution in [3.05, 3.63) is 73.3 Å². The van der Waals surface area contributed by atoms with E-state index in [-0.39, 0.29) is 11.9 Å². The van der Waals surface area contributed by atoms with Gasteiger partial charge < -0.3 is 44.8 Å². The van der Waals surface area contributed by atoms with Crippen LogP contribution in [0.25, 0.3) is 17.2 Å². The van der Waals surface area contributed by atoms with Crippen LogP contribution in [0.15, 0.2) is 73.3 Å². The Bertz CT molecular complexity index is 2050. The summed E-state index contributed by atoms with van der Waals surface area (Å²) in [7, 11) is 9.27. The summed E-state index contributed by atoms with van der Waals surface area (Å²) in [6.45, 7) is 0. The molecule has 0 aliphatic rings. The number of anilines is 6. The third kappa shape index (κ3) is 8.34. The molecule has 270 valence electrons. The second-order valence-electron chi connectivity index (χ2n) is 10.2. The molecule has 3 heterocycles. The molecule has 0 amide bonds. The number of nitrogens with two attached hydrogens (primary N) is 2. The van der Waals surface area contributed by atoms with Crippen LogP contribution >= 0.6 is 0 Å². The average molecular weight is 712 g/mol. The van der Waals surface area contributed by atoms with Gasteiger partial charge in [-0.25, -0.2) is 20.8 Å². The number of hydrogen-bond donors (Lipinski definition) is 5. The molecule has 0 saturated carbocycles. The fraction of sp³-hybridized carbons (Fsp3) is 0.182. The highest BCUT2D eigenvalue weighted by molar-refractivity contribution is 5.67. The van der Waals surface area contributed by atoms with Crippen LogP contribution < -0.4 is 56.1 Å². The van der Waals surface area contributed by atoms with Crippen molar-refractivity contribution in [2.75, 3.05) is 64.5 Å². The predicted octanol–water partition coefficient (Wildman–Crippen LogP) is 4.00. The van der Waals surface area contributed by atoms with E-state index in [0.717, 1.165) is 11.3 Å². The number of nitrogens with zero attached hydrogens (tertiary/aromatic N) is 8. The van der Waals surface area contributed by atoms with Gasteiger partial charge in [-0.15, -0.1) is 0 Å². The molecule has 52 heavy (non-hydrogen) atoms. The summed E-state index contributed by atoms with van der Waals surface area (Å²) in [5.41, 5.74) is 11.5. The van der Waals surface area contributed by atoms with Crippen molar-refractivity contribution in [2.45, 2.75) is 0 Å². The molecule has 19 heteroatoms. The highest BCUT2D eigenvalue weighted by atomic mass is 16.5. The first-order valence-corrected chi connectivity index (χ1v) is 15.2. The largest absolute Gasteiger partial charge is 0.493 e. The summed E-state index contributed by atoms with van der Waals surface area (Å²) < 4.78 is 33.4. The Kier molecular flexibility index (Phi) is 11.8. The lowest BCUT2D eigenvalue weighted by Gasteiger charge is -2.14. The fourth-order valence-electron chi connectivity index (χ4n) is 4.75. The minimum atomic E-state index is 0.250. The smallest absolute Gasteiger partial charge is 0.257 e. The van der Waals surface area contributed by atoms with Crippen molar-refractivity contribution in [1.82, 2.24) is 39.7 Å². The van der Waals surface area contributed by atoms with Gasteiger partial charge in [0.05, 0.1) is 48.4 Å². The van der Waals surface area contributed by atoms with Crippen molar-refractivity contribution in [2.24, 2.45) is 5.84 Å². The number of benzene rings is 3. The van der Waals surface area contributed by atoms with E-state index >= 15 is 0 Å². The van der Waals surface area contributed by atoms with Crippen LogP contribution in [-0.4, -0.2) is 82.3 Å². The summed E-state index contributed by atoms with van der Waals surface area (Å²) in [5.74, 6) is 9.86. The first kappa shape index (κ1) is 36.1. The molecule has 6 aromatic rings. The molecular formula is C33H37N13O6. The van der Waals surface area contributed by atoms with Gasteiger partial charge in [0.15, 0.2) is 23.0 Å². The predicted molar refractivity (Wildman–Crippen MR) is 193 cm³/mol. The number of methoxy groups -OCH3 is 6. The maximum absolute atomic E-state index is 6.15. The zero-order valence-electron chi connectivity index (χ0n) is 29.1. The van der Waals surface area contributed by atoms with Gasteiger partial charge in [0.25, 0.3) is 5.95 Å². The zero-order valence-corrected chi connectivity index (χ0v) is 29.1. The molecule has 3 aromatic heterocycles.